The van der Waals surface area contributed by atoms with Gasteiger partial charge in [-0.2, -0.15) is 0 Å². The molecule has 0 bridgehead atoms. The summed E-state index contributed by atoms with van der Waals surface area (Å²) < 4.78 is 0. The van der Waals surface area contributed by atoms with Crippen molar-refractivity contribution < 1.29 is 0 Å². The van der Waals surface area contributed by atoms with Gasteiger partial charge in [0.2, 0.25) is 0 Å². The van der Waals surface area contributed by atoms with E-state index in [1.54, 1.807) is 0 Å². The van der Waals surface area contributed by atoms with E-state index in [0.29, 0.717) is 0 Å². The standard InChI is InChI=1S/C29H61N.ClH/c1-4-7-9-11-13-15-16-17-18-19-20-22-24-26-28-29(30,6-3)27-25-23-21-14-12-10-8-5-2;/h4-28,30H2,1-3H3;1H. The number of hydrogen-bond donors (Lipinski definition) is 1. The topological polar surface area (TPSA) is 26.0 Å². The Morgan fingerprint density at radius 2 is 0.613 bits per heavy atom. The van der Waals surface area contributed by atoms with Gasteiger partial charge in [0.1, 0.15) is 0 Å². The SMILES string of the molecule is CCCCCCCCCCCCCCCCC(N)(CC)CCCCCCCCCC.Cl. The highest BCUT2D eigenvalue weighted by Gasteiger charge is 2.21. The normalized spacial score (nSPS) is 13.2. The summed E-state index contributed by atoms with van der Waals surface area (Å²) in [4.78, 5) is 0. The second kappa shape index (κ2) is 26.5. The summed E-state index contributed by atoms with van der Waals surface area (Å²) in [6, 6.07) is 0. The molecule has 0 saturated carbocycles. The molecule has 0 fully saturated rings. The van der Waals surface area contributed by atoms with Gasteiger partial charge in [-0.25, -0.2) is 0 Å². The maximum absolute atomic E-state index is 6.72. The van der Waals surface area contributed by atoms with E-state index < -0.39 is 0 Å². The Morgan fingerprint density at radius 1 is 0.387 bits per heavy atom. The van der Waals surface area contributed by atoms with E-state index in [0.717, 1.165) is 6.42 Å². The Morgan fingerprint density at radius 3 is 0.839 bits per heavy atom. The summed E-state index contributed by atoms with van der Waals surface area (Å²) in [5.74, 6) is 0. The minimum absolute atomic E-state index is 0. The van der Waals surface area contributed by atoms with E-state index in [2.05, 4.69) is 20.8 Å². The summed E-state index contributed by atoms with van der Waals surface area (Å²) in [6.45, 7) is 6.90. The van der Waals surface area contributed by atoms with Gasteiger partial charge in [-0.3, -0.25) is 0 Å². The molecule has 31 heavy (non-hydrogen) atoms. The van der Waals surface area contributed by atoms with Gasteiger partial charge in [-0.15, -0.1) is 12.4 Å². The first kappa shape index (κ1) is 33.4. The lowest BCUT2D eigenvalue weighted by Gasteiger charge is -2.28. The molecule has 0 aromatic heterocycles. The summed E-state index contributed by atoms with van der Waals surface area (Å²) in [5, 5.41) is 0. The highest BCUT2D eigenvalue weighted by atomic mass is 35.5. The molecule has 1 unspecified atom stereocenters. The van der Waals surface area contributed by atoms with E-state index in [1.165, 1.54) is 154 Å². The first-order valence-corrected chi connectivity index (χ1v) is 14.5. The fourth-order valence-electron chi connectivity index (χ4n) is 4.76. The molecule has 2 heteroatoms. The van der Waals surface area contributed by atoms with Crippen molar-refractivity contribution in [2.75, 3.05) is 0 Å². The van der Waals surface area contributed by atoms with Crippen LogP contribution in [0.1, 0.15) is 181 Å². The average Bonchev–Trinajstić information content (AvgIpc) is 2.76. The van der Waals surface area contributed by atoms with Gasteiger partial charge < -0.3 is 5.73 Å². The minimum atomic E-state index is 0. The van der Waals surface area contributed by atoms with Crippen molar-refractivity contribution in [3.8, 4) is 0 Å². The van der Waals surface area contributed by atoms with Crippen LogP contribution in [0.15, 0.2) is 0 Å². The third-order valence-corrected chi connectivity index (χ3v) is 7.26. The van der Waals surface area contributed by atoms with Gasteiger partial charge >= 0.3 is 0 Å². The monoisotopic (exact) mass is 459 g/mol. The van der Waals surface area contributed by atoms with Crippen LogP contribution in [0.2, 0.25) is 0 Å². The maximum atomic E-state index is 6.72. The number of rotatable bonds is 25. The van der Waals surface area contributed by atoms with E-state index in [4.69, 9.17) is 5.73 Å². The summed E-state index contributed by atoms with van der Waals surface area (Å²) in [6.07, 6.45) is 35.0. The van der Waals surface area contributed by atoms with Crippen LogP contribution in [0.3, 0.4) is 0 Å². The molecular formula is C29H62ClN. The molecule has 0 aliphatic heterocycles. The molecule has 2 N–H and O–H groups in total. The molecule has 0 aromatic rings. The van der Waals surface area contributed by atoms with Crippen LogP contribution in [-0.2, 0) is 0 Å². The lowest BCUT2D eigenvalue weighted by Crippen LogP contribution is -2.38. The van der Waals surface area contributed by atoms with E-state index in [9.17, 15) is 0 Å². The van der Waals surface area contributed by atoms with Crippen molar-refractivity contribution in [1.82, 2.24) is 0 Å². The largest absolute Gasteiger partial charge is 0.325 e. The fourth-order valence-corrected chi connectivity index (χ4v) is 4.76. The maximum Gasteiger partial charge on any atom is 0.0151 e. The second-order valence-corrected chi connectivity index (χ2v) is 10.3. The van der Waals surface area contributed by atoms with Gasteiger partial charge in [0.25, 0.3) is 0 Å². The Hall–Kier alpha value is 0.250. The zero-order chi connectivity index (χ0) is 22.2. The van der Waals surface area contributed by atoms with Crippen LogP contribution < -0.4 is 5.73 Å². The zero-order valence-electron chi connectivity index (χ0n) is 22.2. The Labute approximate surface area is 204 Å². The molecule has 190 valence electrons. The molecular weight excluding hydrogens is 398 g/mol. The smallest absolute Gasteiger partial charge is 0.0151 e. The van der Waals surface area contributed by atoms with Crippen LogP contribution in [0, 0.1) is 0 Å². The van der Waals surface area contributed by atoms with Crippen LogP contribution in [-0.4, -0.2) is 5.54 Å². The van der Waals surface area contributed by atoms with Crippen molar-refractivity contribution in [3.05, 3.63) is 0 Å². The molecule has 0 spiro atoms. The third kappa shape index (κ3) is 24.7. The summed E-state index contributed by atoms with van der Waals surface area (Å²) >= 11 is 0. The Bertz CT molecular complexity index is 320. The quantitative estimate of drug-likeness (QED) is 0.135. The van der Waals surface area contributed by atoms with Crippen molar-refractivity contribution in [2.45, 2.75) is 187 Å². The van der Waals surface area contributed by atoms with Gasteiger partial charge in [0.15, 0.2) is 0 Å². The number of unbranched alkanes of at least 4 members (excludes halogenated alkanes) is 20. The van der Waals surface area contributed by atoms with Crippen LogP contribution in [0.4, 0.5) is 0 Å². The van der Waals surface area contributed by atoms with Crippen molar-refractivity contribution in [1.29, 1.82) is 0 Å². The zero-order valence-corrected chi connectivity index (χ0v) is 23.0. The van der Waals surface area contributed by atoms with Crippen LogP contribution in [0.25, 0.3) is 0 Å². The van der Waals surface area contributed by atoms with Gasteiger partial charge in [-0.05, 0) is 19.3 Å². The van der Waals surface area contributed by atoms with Crippen LogP contribution >= 0.6 is 12.4 Å². The molecule has 0 heterocycles. The van der Waals surface area contributed by atoms with E-state index in [1.807, 2.05) is 0 Å². The molecule has 0 aliphatic carbocycles. The Balaban J connectivity index is 0. The lowest BCUT2D eigenvalue weighted by atomic mass is 9.85. The number of hydrogen-bond acceptors (Lipinski definition) is 1. The first-order chi connectivity index (χ1) is 14.7. The van der Waals surface area contributed by atoms with Crippen molar-refractivity contribution in [3.63, 3.8) is 0 Å². The van der Waals surface area contributed by atoms with Crippen LogP contribution in [0.5, 0.6) is 0 Å². The molecule has 1 atom stereocenters. The second-order valence-electron chi connectivity index (χ2n) is 10.3. The van der Waals surface area contributed by atoms with E-state index in [-0.39, 0.29) is 17.9 Å². The van der Waals surface area contributed by atoms with Gasteiger partial charge in [0, 0.05) is 5.54 Å². The lowest BCUT2D eigenvalue weighted by molar-refractivity contribution is 0.324. The Kier molecular flexibility index (Phi) is 28.6. The molecule has 0 rings (SSSR count). The summed E-state index contributed by atoms with van der Waals surface area (Å²) in [5.41, 5.74) is 6.85. The minimum Gasteiger partial charge on any atom is -0.325 e. The number of nitrogens with two attached hydrogens (primary N) is 1. The highest BCUT2D eigenvalue weighted by Crippen LogP contribution is 2.24. The molecule has 0 radical (unpaired) electrons. The average molecular weight is 460 g/mol. The van der Waals surface area contributed by atoms with Crippen molar-refractivity contribution >= 4 is 12.4 Å². The molecule has 1 nitrogen and oxygen atoms in total. The molecule has 0 amide bonds. The number of halogens is 1. The fraction of sp³-hybridized carbons (Fsp3) is 1.00. The van der Waals surface area contributed by atoms with Crippen molar-refractivity contribution in [2.24, 2.45) is 5.73 Å². The van der Waals surface area contributed by atoms with E-state index >= 15 is 0 Å². The first-order valence-electron chi connectivity index (χ1n) is 14.5. The summed E-state index contributed by atoms with van der Waals surface area (Å²) in [7, 11) is 0. The van der Waals surface area contributed by atoms with Gasteiger partial charge in [0.05, 0.1) is 0 Å². The molecule has 0 saturated heterocycles. The molecule has 0 aromatic carbocycles. The highest BCUT2D eigenvalue weighted by molar-refractivity contribution is 5.85. The molecule has 0 aliphatic rings. The third-order valence-electron chi connectivity index (χ3n) is 7.26. The predicted molar refractivity (Wildman–Crippen MR) is 147 cm³/mol. The predicted octanol–water partition coefficient (Wildman–Crippen LogP) is 10.9. The van der Waals surface area contributed by atoms with Gasteiger partial charge in [-0.1, -0.05) is 162 Å².